The van der Waals surface area contributed by atoms with Crippen LogP contribution < -0.4 is 9.47 Å². The molecule has 0 spiro atoms. The van der Waals surface area contributed by atoms with E-state index < -0.39 is 46.3 Å². The maximum absolute atomic E-state index is 14.1. The minimum absolute atomic E-state index is 0.0687. The maximum atomic E-state index is 14.1. The first-order valence-corrected chi connectivity index (χ1v) is 28.8. The van der Waals surface area contributed by atoms with Crippen molar-refractivity contribution < 1.29 is 66.5 Å². The highest BCUT2D eigenvalue weighted by molar-refractivity contribution is 5.97. The zero-order valence-corrected chi connectivity index (χ0v) is 48.0. The van der Waals surface area contributed by atoms with Gasteiger partial charge < -0.3 is 47.4 Å². The summed E-state index contributed by atoms with van der Waals surface area (Å²) in [6.45, 7) is 24.4. The molecule has 0 N–H and O–H groups in total. The van der Waals surface area contributed by atoms with E-state index in [-0.39, 0.29) is 106 Å². The third kappa shape index (κ3) is 11.4. The summed E-state index contributed by atoms with van der Waals surface area (Å²) in [6, 6.07) is 17.2. The monoisotopic (exact) mass is 1070 g/mol. The van der Waals surface area contributed by atoms with Gasteiger partial charge in [0.05, 0.1) is 69.1 Å². The molecule has 4 aliphatic heterocycles. The molecule has 4 saturated heterocycles. The Labute approximate surface area is 460 Å². The SMILES string of the molecule is CC(C)(OC(=O)c1cc(OCc2ccc(COc3cc(C(=O)OC(C)(C)C4CCC5(C)OC5C4)cc(C(=O)OC(C)(C)C4CCC5(C)OC5C4)c3)cc2)cc(C(=O)OC(C)(C)C2CCC3(C)OC3C2)c1)C1CCC2(C)OC2C1. The molecule has 4 aliphatic carbocycles. The van der Waals surface area contributed by atoms with E-state index in [0.29, 0.717) is 11.5 Å². The van der Waals surface area contributed by atoms with Crippen LogP contribution in [0.1, 0.15) is 213 Å². The van der Waals surface area contributed by atoms with E-state index in [1.165, 1.54) is 0 Å². The molecule has 12 unspecified atom stereocenters. The molecule has 0 amide bonds. The van der Waals surface area contributed by atoms with E-state index in [9.17, 15) is 19.2 Å². The minimum atomic E-state index is -0.777. The molecule has 3 aromatic carbocycles. The number of rotatable bonds is 18. The van der Waals surface area contributed by atoms with Crippen molar-refractivity contribution in [1.82, 2.24) is 0 Å². The zero-order valence-electron chi connectivity index (χ0n) is 48.0. The van der Waals surface area contributed by atoms with Crippen molar-refractivity contribution in [2.24, 2.45) is 23.7 Å². The summed E-state index contributed by atoms with van der Waals surface area (Å²) < 4.78 is 61.6. The molecule has 8 aliphatic rings. The van der Waals surface area contributed by atoms with E-state index in [1.54, 1.807) is 36.4 Å². The first kappa shape index (κ1) is 54.9. The number of hydrogen-bond acceptors (Lipinski definition) is 14. The Morgan fingerprint density at radius 3 is 0.859 bits per heavy atom. The molecule has 4 saturated carbocycles. The molecule has 78 heavy (non-hydrogen) atoms. The van der Waals surface area contributed by atoms with Crippen LogP contribution in [0.3, 0.4) is 0 Å². The molecule has 11 rings (SSSR count). The van der Waals surface area contributed by atoms with Crippen molar-refractivity contribution in [2.45, 2.75) is 243 Å². The van der Waals surface area contributed by atoms with Gasteiger partial charge in [-0.15, -0.1) is 0 Å². The largest absolute Gasteiger partial charge is 0.489 e. The van der Waals surface area contributed by atoms with Gasteiger partial charge in [0.25, 0.3) is 0 Å². The van der Waals surface area contributed by atoms with E-state index in [1.807, 2.05) is 79.7 Å². The van der Waals surface area contributed by atoms with Crippen LogP contribution in [-0.4, -0.2) is 93.1 Å². The number of esters is 4. The first-order valence-electron chi connectivity index (χ1n) is 28.8. The zero-order chi connectivity index (χ0) is 55.6. The highest BCUT2D eigenvalue weighted by Gasteiger charge is 2.61. The third-order valence-corrected chi connectivity index (χ3v) is 20.0. The lowest BCUT2D eigenvalue weighted by atomic mass is 9.75. The van der Waals surface area contributed by atoms with Gasteiger partial charge in [-0.25, -0.2) is 19.2 Å². The third-order valence-electron chi connectivity index (χ3n) is 20.0. The molecule has 0 aromatic heterocycles. The second-order valence-corrected chi connectivity index (χ2v) is 27.4. The number of hydrogen-bond donors (Lipinski definition) is 0. The number of fused-ring (bicyclic) bond motifs is 4. The Hall–Kier alpha value is -5.02. The number of carbonyl (C=O) groups is 4. The highest BCUT2D eigenvalue weighted by atomic mass is 16.6. The molecule has 4 heterocycles. The van der Waals surface area contributed by atoms with E-state index in [2.05, 4.69) is 27.7 Å². The lowest BCUT2D eigenvalue weighted by Crippen LogP contribution is -2.41. The van der Waals surface area contributed by atoms with Crippen molar-refractivity contribution >= 4 is 23.9 Å². The first-order chi connectivity index (χ1) is 36.5. The summed E-state index contributed by atoms with van der Waals surface area (Å²) in [5, 5.41) is 0. The van der Waals surface area contributed by atoms with E-state index in [4.69, 9.17) is 47.4 Å². The highest BCUT2D eigenvalue weighted by Crippen LogP contribution is 2.55. The Balaban J connectivity index is 0.771. The van der Waals surface area contributed by atoms with Gasteiger partial charge in [-0.2, -0.15) is 0 Å². The summed E-state index contributed by atoms with van der Waals surface area (Å²) >= 11 is 0. The van der Waals surface area contributed by atoms with Crippen molar-refractivity contribution in [3.05, 3.63) is 94.0 Å². The van der Waals surface area contributed by atoms with Crippen LogP contribution in [0.4, 0.5) is 0 Å². The number of benzene rings is 3. The molecule has 14 heteroatoms. The molecule has 3 aromatic rings. The maximum Gasteiger partial charge on any atom is 0.338 e. The van der Waals surface area contributed by atoms with Crippen molar-refractivity contribution in [3.8, 4) is 11.5 Å². The van der Waals surface area contributed by atoms with Crippen molar-refractivity contribution in [2.75, 3.05) is 0 Å². The van der Waals surface area contributed by atoms with Crippen LogP contribution in [0.2, 0.25) is 0 Å². The summed E-state index contributed by atoms with van der Waals surface area (Å²) in [4.78, 5) is 56.4. The second-order valence-electron chi connectivity index (χ2n) is 27.4. The average molecular weight is 1080 g/mol. The van der Waals surface area contributed by atoms with Crippen molar-refractivity contribution in [3.63, 3.8) is 0 Å². The topological polar surface area (TPSA) is 174 Å². The van der Waals surface area contributed by atoms with Crippen LogP contribution in [0.15, 0.2) is 60.7 Å². The Kier molecular flexibility index (Phi) is 13.6. The molecule has 8 fully saturated rings. The van der Waals surface area contributed by atoms with Gasteiger partial charge in [0.1, 0.15) is 47.1 Å². The number of carbonyl (C=O) groups excluding carboxylic acids is 4. The standard InChI is InChI=1S/C64H82O14/c1-57(2,43-17-21-61(9)49(31-43)71-61)75-53(65)39-25-40(54(66)76-58(3,4)44-18-22-62(10)50(32-44)72-62)28-47(27-39)69-35-37-13-15-38(16-14-37)36-70-48-29-41(55(67)77-59(5,6)45-19-23-63(11)51(33-45)73-63)26-42(30-48)56(68)78-60(7,8)46-20-24-64(12)52(34-46)74-64/h13-16,25-30,43-46,49-52H,17-24,31-36H2,1-12H3. The van der Waals surface area contributed by atoms with Crippen molar-refractivity contribution in [1.29, 1.82) is 0 Å². The normalized spacial score (nSPS) is 33.6. The summed E-state index contributed by atoms with van der Waals surface area (Å²) in [5.41, 5.74) is -0.972. The Bertz CT molecular complexity index is 2500. The Morgan fingerprint density at radius 2 is 0.641 bits per heavy atom. The molecular formula is C64H82O14. The van der Waals surface area contributed by atoms with Gasteiger partial charge in [0, 0.05) is 23.7 Å². The van der Waals surface area contributed by atoms with Gasteiger partial charge >= 0.3 is 23.9 Å². The summed E-state index contributed by atoms with van der Waals surface area (Å²) in [7, 11) is 0. The second kappa shape index (κ2) is 19.3. The lowest BCUT2D eigenvalue weighted by Gasteiger charge is -2.36. The molecular weight excluding hydrogens is 993 g/mol. The van der Waals surface area contributed by atoms with Gasteiger partial charge in [0.2, 0.25) is 0 Å². The van der Waals surface area contributed by atoms with Gasteiger partial charge in [-0.1, -0.05) is 24.3 Å². The Morgan fingerprint density at radius 1 is 0.410 bits per heavy atom. The average Bonchev–Trinajstić information content (AvgIpc) is 4.49. The van der Waals surface area contributed by atoms with Crippen LogP contribution in [0.5, 0.6) is 11.5 Å². The predicted molar refractivity (Wildman–Crippen MR) is 288 cm³/mol. The number of epoxide rings is 4. The van der Waals surface area contributed by atoms with Crippen LogP contribution >= 0.6 is 0 Å². The van der Waals surface area contributed by atoms with E-state index in [0.717, 1.165) is 88.2 Å². The predicted octanol–water partition coefficient (Wildman–Crippen LogP) is 12.4. The number of ether oxygens (including phenoxy) is 10. The molecule has 12 atom stereocenters. The molecule has 0 bridgehead atoms. The van der Waals surface area contributed by atoms with Gasteiger partial charge in [-0.05, 0) is 208 Å². The fraction of sp³-hybridized carbons (Fsp3) is 0.656. The minimum Gasteiger partial charge on any atom is -0.489 e. The molecule has 0 radical (unpaired) electrons. The fourth-order valence-electron chi connectivity index (χ4n) is 13.5. The van der Waals surface area contributed by atoms with Gasteiger partial charge in [0.15, 0.2) is 0 Å². The van der Waals surface area contributed by atoms with Crippen LogP contribution in [0, 0.1) is 23.7 Å². The van der Waals surface area contributed by atoms with Crippen LogP contribution in [-0.2, 0) is 51.1 Å². The van der Waals surface area contributed by atoms with E-state index >= 15 is 0 Å². The van der Waals surface area contributed by atoms with Gasteiger partial charge in [-0.3, -0.25) is 0 Å². The quantitative estimate of drug-likeness (QED) is 0.0668. The smallest absolute Gasteiger partial charge is 0.338 e. The molecule has 14 nitrogen and oxygen atoms in total. The summed E-state index contributed by atoms with van der Waals surface area (Å²) in [6.07, 6.45) is 11.1. The fourth-order valence-corrected chi connectivity index (χ4v) is 13.5. The lowest BCUT2D eigenvalue weighted by molar-refractivity contribution is -0.0396. The molecule has 422 valence electrons. The summed E-state index contributed by atoms with van der Waals surface area (Å²) in [5.74, 6) is -1.10. The van der Waals surface area contributed by atoms with Crippen LogP contribution in [0.25, 0.3) is 0 Å².